The third-order valence-electron chi connectivity index (χ3n) is 3.16. The molecule has 0 amide bonds. The molecule has 3 nitrogen and oxygen atoms in total. The van der Waals surface area contributed by atoms with Gasteiger partial charge >= 0.3 is 0 Å². The maximum absolute atomic E-state index is 11.2. The van der Waals surface area contributed by atoms with Crippen molar-refractivity contribution in [1.82, 2.24) is 10.2 Å². The Morgan fingerprint density at radius 1 is 1.31 bits per heavy atom. The molecule has 2 fully saturated rings. The molecule has 2 unspecified atom stereocenters. The molecule has 0 saturated carbocycles. The lowest BCUT2D eigenvalue weighted by molar-refractivity contribution is 0.194. The van der Waals surface area contributed by atoms with Gasteiger partial charge in [-0.3, -0.25) is 9.11 Å². The van der Waals surface area contributed by atoms with Gasteiger partial charge in [-0.2, -0.15) is 0 Å². The van der Waals surface area contributed by atoms with E-state index in [-0.39, 0.29) is 0 Å². The molecular weight excluding hydrogens is 184 g/mol. The Bertz CT molecular complexity index is 200. The second kappa shape index (κ2) is 4.07. The molecule has 2 aliphatic heterocycles. The lowest BCUT2D eigenvalue weighted by Gasteiger charge is -2.33. The quantitative estimate of drug-likeness (QED) is 0.631. The average Bonchev–Trinajstić information content (AvgIpc) is 2.53. The van der Waals surface area contributed by atoms with E-state index < -0.39 is 10.8 Å². The summed E-state index contributed by atoms with van der Waals surface area (Å²) in [5.41, 5.74) is 0. The molecule has 2 aliphatic rings. The normalized spacial score (nSPS) is 38.2. The summed E-state index contributed by atoms with van der Waals surface area (Å²) in [5, 5.41) is 3.41. The third kappa shape index (κ3) is 2.11. The Hall–Kier alpha value is 0.0700. The second-order valence-corrected chi connectivity index (χ2v) is 5.78. The first-order valence-electron chi connectivity index (χ1n) is 5.07. The van der Waals surface area contributed by atoms with Crippen LogP contribution in [0.2, 0.25) is 0 Å². The minimum Gasteiger partial charge on any atom is -0.315 e. The number of rotatable bonds is 1. The van der Waals surface area contributed by atoms with Crippen molar-refractivity contribution in [1.29, 1.82) is 0 Å². The predicted molar refractivity (Wildman–Crippen MR) is 55.3 cm³/mol. The number of hydrogen-bond donors (Lipinski definition) is 1. The Balaban J connectivity index is 1.90. The predicted octanol–water partition coefficient (Wildman–Crippen LogP) is -0.341. The van der Waals surface area contributed by atoms with Crippen LogP contribution in [0, 0.1) is 5.92 Å². The van der Waals surface area contributed by atoms with Crippen LogP contribution in [-0.2, 0) is 10.8 Å². The fourth-order valence-electron chi connectivity index (χ4n) is 2.27. The van der Waals surface area contributed by atoms with Gasteiger partial charge in [0, 0.05) is 48.0 Å². The fourth-order valence-corrected chi connectivity index (χ4v) is 3.35. The standard InChI is InChI=1S/C9H18N2OS/c1-8-6-10-7-9(8)11-2-4-13(12)5-3-11/h8-10H,2-7H2,1H3. The number of nitrogens with one attached hydrogen (secondary N) is 1. The summed E-state index contributed by atoms with van der Waals surface area (Å²) in [4.78, 5) is 2.51. The van der Waals surface area contributed by atoms with Gasteiger partial charge in [0.05, 0.1) is 0 Å². The summed E-state index contributed by atoms with van der Waals surface area (Å²) in [6.45, 7) is 6.63. The summed E-state index contributed by atoms with van der Waals surface area (Å²) >= 11 is 0. The van der Waals surface area contributed by atoms with Crippen LogP contribution >= 0.6 is 0 Å². The Kier molecular flexibility index (Phi) is 3.01. The maximum atomic E-state index is 11.2. The van der Waals surface area contributed by atoms with E-state index in [2.05, 4.69) is 17.1 Å². The Morgan fingerprint density at radius 3 is 2.54 bits per heavy atom. The zero-order valence-electron chi connectivity index (χ0n) is 8.16. The summed E-state index contributed by atoms with van der Waals surface area (Å²) in [5.74, 6) is 2.51. The minimum atomic E-state index is -0.534. The molecule has 2 atom stereocenters. The van der Waals surface area contributed by atoms with Gasteiger partial charge in [0.25, 0.3) is 0 Å². The van der Waals surface area contributed by atoms with Crippen molar-refractivity contribution in [2.24, 2.45) is 5.92 Å². The molecular formula is C9H18N2OS. The molecule has 0 aliphatic carbocycles. The van der Waals surface area contributed by atoms with E-state index in [0.717, 1.165) is 43.6 Å². The van der Waals surface area contributed by atoms with E-state index >= 15 is 0 Å². The molecule has 2 saturated heterocycles. The molecule has 0 radical (unpaired) electrons. The van der Waals surface area contributed by atoms with Crippen LogP contribution in [0.15, 0.2) is 0 Å². The molecule has 0 spiro atoms. The van der Waals surface area contributed by atoms with Crippen molar-refractivity contribution in [3.8, 4) is 0 Å². The van der Waals surface area contributed by atoms with Gasteiger partial charge in [0.1, 0.15) is 0 Å². The first-order valence-corrected chi connectivity index (χ1v) is 6.56. The van der Waals surface area contributed by atoms with Gasteiger partial charge in [-0.15, -0.1) is 0 Å². The van der Waals surface area contributed by atoms with E-state index in [1.807, 2.05) is 0 Å². The van der Waals surface area contributed by atoms with Crippen molar-refractivity contribution < 1.29 is 4.21 Å². The van der Waals surface area contributed by atoms with Crippen LogP contribution < -0.4 is 5.32 Å². The highest BCUT2D eigenvalue weighted by molar-refractivity contribution is 7.85. The maximum Gasteiger partial charge on any atom is 0.0363 e. The van der Waals surface area contributed by atoms with Gasteiger partial charge < -0.3 is 5.32 Å². The van der Waals surface area contributed by atoms with Crippen LogP contribution in [-0.4, -0.2) is 52.8 Å². The summed E-state index contributed by atoms with van der Waals surface area (Å²) in [6.07, 6.45) is 0. The van der Waals surface area contributed by atoms with E-state index in [4.69, 9.17) is 0 Å². The second-order valence-electron chi connectivity index (χ2n) is 4.09. The molecule has 1 N–H and O–H groups in total. The highest BCUT2D eigenvalue weighted by Gasteiger charge is 2.30. The zero-order valence-corrected chi connectivity index (χ0v) is 8.98. The summed E-state index contributed by atoms with van der Waals surface area (Å²) < 4.78 is 11.2. The van der Waals surface area contributed by atoms with Crippen molar-refractivity contribution >= 4 is 10.8 Å². The van der Waals surface area contributed by atoms with Crippen LogP contribution in [0.3, 0.4) is 0 Å². The van der Waals surface area contributed by atoms with Crippen molar-refractivity contribution in [3.05, 3.63) is 0 Å². The van der Waals surface area contributed by atoms with Crippen LogP contribution in [0.25, 0.3) is 0 Å². The average molecular weight is 202 g/mol. The largest absolute Gasteiger partial charge is 0.315 e. The monoisotopic (exact) mass is 202 g/mol. The van der Waals surface area contributed by atoms with E-state index in [9.17, 15) is 4.21 Å². The van der Waals surface area contributed by atoms with Gasteiger partial charge in [-0.05, 0) is 12.5 Å². The Morgan fingerprint density at radius 2 is 2.00 bits per heavy atom. The summed E-state index contributed by atoms with van der Waals surface area (Å²) in [7, 11) is -0.534. The van der Waals surface area contributed by atoms with Gasteiger partial charge in [-0.25, -0.2) is 0 Å². The number of hydrogen-bond acceptors (Lipinski definition) is 3. The summed E-state index contributed by atoms with van der Waals surface area (Å²) in [6, 6.07) is 0.692. The van der Waals surface area contributed by atoms with Crippen molar-refractivity contribution in [2.75, 3.05) is 37.7 Å². The zero-order chi connectivity index (χ0) is 9.26. The minimum absolute atomic E-state index is 0.534. The van der Waals surface area contributed by atoms with Crippen LogP contribution in [0.5, 0.6) is 0 Å². The third-order valence-corrected chi connectivity index (χ3v) is 4.43. The molecule has 0 aromatic carbocycles. The van der Waals surface area contributed by atoms with E-state index in [1.165, 1.54) is 0 Å². The lowest BCUT2D eigenvalue weighted by Crippen LogP contribution is -2.47. The molecule has 2 rings (SSSR count). The van der Waals surface area contributed by atoms with Gasteiger partial charge in [0.2, 0.25) is 0 Å². The number of nitrogens with zero attached hydrogens (tertiary/aromatic N) is 1. The highest BCUT2D eigenvalue weighted by Crippen LogP contribution is 2.16. The smallest absolute Gasteiger partial charge is 0.0363 e. The first-order chi connectivity index (χ1) is 6.27. The molecule has 4 heteroatoms. The topological polar surface area (TPSA) is 32.3 Å². The van der Waals surface area contributed by atoms with Crippen LogP contribution in [0.1, 0.15) is 6.92 Å². The van der Waals surface area contributed by atoms with Gasteiger partial charge in [-0.1, -0.05) is 6.92 Å². The Labute approximate surface area is 82.3 Å². The lowest BCUT2D eigenvalue weighted by atomic mass is 10.1. The van der Waals surface area contributed by atoms with Crippen molar-refractivity contribution in [2.45, 2.75) is 13.0 Å². The molecule has 2 heterocycles. The molecule has 0 aromatic rings. The van der Waals surface area contributed by atoms with Crippen molar-refractivity contribution in [3.63, 3.8) is 0 Å². The van der Waals surface area contributed by atoms with Crippen LogP contribution in [0.4, 0.5) is 0 Å². The fraction of sp³-hybridized carbons (Fsp3) is 1.00. The molecule has 0 aromatic heterocycles. The van der Waals surface area contributed by atoms with E-state index in [1.54, 1.807) is 0 Å². The van der Waals surface area contributed by atoms with E-state index in [0.29, 0.717) is 6.04 Å². The molecule has 76 valence electrons. The SMILES string of the molecule is CC1CNCC1N1CCS(=O)CC1. The molecule has 0 bridgehead atoms. The highest BCUT2D eigenvalue weighted by atomic mass is 32.2. The van der Waals surface area contributed by atoms with Gasteiger partial charge in [0.15, 0.2) is 0 Å². The first kappa shape index (κ1) is 9.62. The molecule has 13 heavy (non-hydrogen) atoms.